The fourth-order valence-corrected chi connectivity index (χ4v) is 4.41. The van der Waals surface area contributed by atoms with Crippen molar-refractivity contribution in [2.24, 2.45) is 0 Å². The number of halogens is 1. The number of fused-ring (bicyclic) bond motifs is 1. The van der Waals surface area contributed by atoms with Gasteiger partial charge >= 0.3 is 5.97 Å². The summed E-state index contributed by atoms with van der Waals surface area (Å²) in [4.78, 5) is 12.2. The van der Waals surface area contributed by atoms with Gasteiger partial charge in [0.05, 0.1) is 11.7 Å². The molecule has 5 aromatic rings. The van der Waals surface area contributed by atoms with Crippen molar-refractivity contribution in [3.63, 3.8) is 0 Å². The van der Waals surface area contributed by atoms with Gasteiger partial charge in [-0.05, 0) is 71.2 Å². The maximum Gasteiger partial charge on any atom is 0.335 e. The second kappa shape index (κ2) is 11.0. The quantitative estimate of drug-likeness (QED) is 0.101. The minimum Gasteiger partial charge on any atom is -0.454 e. The minimum absolute atomic E-state index is 0.121. The van der Waals surface area contributed by atoms with E-state index in [1.165, 1.54) is 6.07 Å². The first-order chi connectivity index (χ1) is 18.6. The molecule has 6 heteroatoms. The first-order valence-electron chi connectivity index (χ1n) is 12.2. The molecule has 4 aromatic carbocycles. The number of para-hydroxylation sites is 2. The van der Waals surface area contributed by atoms with Crippen LogP contribution >= 0.6 is 0 Å². The predicted octanol–water partition coefficient (Wildman–Crippen LogP) is 7.95. The summed E-state index contributed by atoms with van der Waals surface area (Å²) in [6.45, 7) is 5.56. The number of benzene rings is 4. The smallest absolute Gasteiger partial charge is 0.335 e. The number of hydrogen-bond donors (Lipinski definition) is 1. The van der Waals surface area contributed by atoms with Gasteiger partial charge in [0.25, 0.3) is 0 Å². The molecule has 0 aliphatic carbocycles. The van der Waals surface area contributed by atoms with Crippen LogP contribution in [0.5, 0.6) is 17.2 Å². The Balaban J connectivity index is 1.73. The maximum atomic E-state index is 14.8. The van der Waals surface area contributed by atoms with E-state index in [0.29, 0.717) is 17.9 Å². The van der Waals surface area contributed by atoms with Gasteiger partial charge in [-0.15, -0.1) is 0 Å². The molecule has 1 N–H and O–H groups in total. The van der Waals surface area contributed by atoms with Gasteiger partial charge < -0.3 is 9.47 Å². The van der Waals surface area contributed by atoms with Crippen LogP contribution in [0.2, 0.25) is 0 Å². The average Bonchev–Trinajstić information content (AvgIpc) is 3.42. The van der Waals surface area contributed by atoms with Crippen molar-refractivity contribution in [2.75, 3.05) is 0 Å². The summed E-state index contributed by atoms with van der Waals surface area (Å²) in [6.07, 6.45) is 3.50. The lowest BCUT2D eigenvalue weighted by atomic mass is 9.87. The van der Waals surface area contributed by atoms with E-state index in [1.54, 1.807) is 42.6 Å². The second-order valence-corrected chi connectivity index (χ2v) is 8.56. The van der Waals surface area contributed by atoms with Gasteiger partial charge in [-0.1, -0.05) is 62.0 Å². The highest BCUT2D eigenvalue weighted by atomic mass is 19.1. The fourth-order valence-electron chi connectivity index (χ4n) is 4.41. The van der Waals surface area contributed by atoms with E-state index < -0.39 is 11.8 Å². The van der Waals surface area contributed by atoms with Crippen LogP contribution in [0, 0.1) is 5.82 Å². The Labute approximate surface area is 219 Å². The number of H-pyrrole nitrogens is 1. The molecule has 1 aromatic heterocycles. The Hall–Kier alpha value is -4.97. The molecule has 5 nitrogen and oxygen atoms in total. The van der Waals surface area contributed by atoms with E-state index in [4.69, 9.17) is 9.47 Å². The number of carbonyl (C=O) groups excluding carboxylic acids is 1. The molecule has 0 atom stereocenters. The molecule has 0 aliphatic rings. The van der Waals surface area contributed by atoms with Gasteiger partial charge in [0.15, 0.2) is 11.6 Å². The summed E-state index contributed by atoms with van der Waals surface area (Å²) in [7, 11) is 0. The molecular weight excluding hydrogens is 479 g/mol. The van der Waals surface area contributed by atoms with E-state index in [1.807, 2.05) is 55.5 Å². The van der Waals surface area contributed by atoms with Crippen molar-refractivity contribution in [1.29, 1.82) is 0 Å². The summed E-state index contributed by atoms with van der Waals surface area (Å²) in [6, 6.07) is 27.3. The molecule has 0 aliphatic heterocycles. The Morgan fingerprint density at radius 3 is 2.50 bits per heavy atom. The zero-order valence-electron chi connectivity index (χ0n) is 20.8. The molecule has 0 saturated carbocycles. The van der Waals surface area contributed by atoms with E-state index >= 15 is 0 Å². The van der Waals surface area contributed by atoms with Gasteiger partial charge in [-0.2, -0.15) is 5.10 Å². The lowest BCUT2D eigenvalue weighted by molar-refractivity contribution is -0.128. The third-order valence-electron chi connectivity index (χ3n) is 6.17. The molecule has 5 rings (SSSR count). The zero-order chi connectivity index (χ0) is 26.5. The van der Waals surface area contributed by atoms with E-state index in [0.717, 1.165) is 44.8 Å². The van der Waals surface area contributed by atoms with Crippen LogP contribution in [-0.4, -0.2) is 16.2 Å². The Kier molecular flexibility index (Phi) is 7.13. The lowest BCUT2D eigenvalue weighted by Crippen LogP contribution is -2.06. The largest absolute Gasteiger partial charge is 0.454 e. The summed E-state index contributed by atoms with van der Waals surface area (Å²) >= 11 is 0. The van der Waals surface area contributed by atoms with Crippen LogP contribution in [-0.2, 0) is 4.79 Å². The Bertz CT molecular complexity index is 1650. The second-order valence-electron chi connectivity index (χ2n) is 8.56. The Morgan fingerprint density at radius 2 is 1.71 bits per heavy atom. The molecule has 0 radical (unpaired) electrons. The van der Waals surface area contributed by atoms with E-state index in [2.05, 4.69) is 16.8 Å². The van der Waals surface area contributed by atoms with Crippen molar-refractivity contribution in [2.45, 2.75) is 13.3 Å². The maximum absolute atomic E-state index is 14.8. The number of ether oxygens (including phenoxy) is 2. The monoisotopic (exact) mass is 504 g/mol. The van der Waals surface area contributed by atoms with Crippen LogP contribution in [0.1, 0.15) is 30.0 Å². The minimum atomic E-state index is -0.555. The fraction of sp³-hybridized carbons (Fsp3) is 0.0625. The normalized spacial score (nSPS) is 11.6. The molecule has 0 amide bonds. The Morgan fingerprint density at radius 1 is 0.947 bits per heavy atom. The summed E-state index contributed by atoms with van der Waals surface area (Å²) in [5.41, 5.74) is 5.07. The van der Waals surface area contributed by atoms with Gasteiger partial charge in [0.1, 0.15) is 11.5 Å². The van der Waals surface area contributed by atoms with Crippen molar-refractivity contribution < 1.29 is 18.7 Å². The summed E-state index contributed by atoms with van der Waals surface area (Å²) in [5.74, 6) is 0.0391. The summed E-state index contributed by atoms with van der Waals surface area (Å²) < 4.78 is 26.3. The molecular formula is C32H25FN2O3. The molecule has 0 saturated heterocycles. The van der Waals surface area contributed by atoms with Crippen molar-refractivity contribution in [3.8, 4) is 17.2 Å². The molecule has 0 unspecified atom stereocenters. The number of rotatable bonds is 8. The number of aromatic amines is 1. The number of carbonyl (C=O) groups is 1. The number of esters is 1. The number of hydrogen-bond acceptors (Lipinski definition) is 4. The molecule has 1 heterocycles. The van der Waals surface area contributed by atoms with Crippen molar-refractivity contribution in [1.82, 2.24) is 10.2 Å². The third-order valence-corrected chi connectivity index (χ3v) is 6.17. The third kappa shape index (κ3) is 5.11. The highest BCUT2D eigenvalue weighted by molar-refractivity contribution is 6.02. The molecule has 0 fully saturated rings. The van der Waals surface area contributed by atoms with E-state index in [-0.39, 0.29) is 5.75 Å². The van der Waals surface area contributed by atoms with Crippen molar-refractivity contribution in [3.05, 3.63) is 132 Å². The SMILES string of the molecule is C=CC(=O)Oc1ccccc1/C(=C(\CC)c1ccc(F)c(Oc2ccccc2)c1)c1ccc2[nH]ncc2c1. The van der Waals surface area contributed by atoms with Crippen molar-refractivity contribution >= 4 is 28.0 Å². The standard InChI is InChI=1S/C32H25FN2O3/c1-3-25(21-14-16-27(33)30(19-21)37-24-10-6-5-7-11-24)32(22-15-17-28-23(18-22)20-34-35-28)26-12-8-9-13-29(26)38-31(36)4-2/h4-20H,2-3H2,1H3,(H,34,35)/b32-25+. The molecule has 38 heavy (non-hydrogen) atoms. The first kappa shape index (κ1) is 24.7. The van der Waals surface area contributed by atoms with Gasteiger partial charge in [0.2, 0.25) is 0 Å². The molecule has 188 valence electrons. The number of nitrogens with zero attached hydrogens (tertiary/aromatic N) is 1. The van der Waals surface area contributed by atoms with Crippen LogP contribution < -0.4 is 9.47 Å². The van der Waals surface area contributed by atoms with Gasteiger partial charge in [0, 0.05) is 17.0 Å². The predicted molar refractivity (Wildman–Crippen MR) is 147 cm³/mol. The zero-order valence-corrected chi connectivity index (χ0v) is 20.8. The van der Waals surface area contributed by atoms with Crippen LogP contribution in [0.15, 0.2) is 110 Å². The van der Waals surface area contributed by atoms with Gasteiger partial charge in [-0.25, -0.2) is 9.18 Å². The van der Waals surface area contributed by atoms with E-state index in [9.17, 15) is 9.18 Å². The number of aromatic nitrogens is 2. The van der Waals surface area contributed by atoms with Crippen LogP contribution in [0.3, 0.4) is 0 Å². The molecule has 0 spiro atoms. The first-order valence-corrected chi connectivity index (χ1v) is 12.2. The number of allylic oxidation sites excluding steroid dienone is 1. The number of nitrogens with one attached hydrogen (secondary N) is 1. The average molecular weight is 505 g/mol. The lowest BCUT2D eigenvalue weighted by Gasteiger charge is -2.19. The highest BCUT2D eigenvalue weighted by Gasteiger charge is 2.20. The highest BCUT2D eigenvalue weighted by Crippen LogP contribution is 2.40. The summed E-state index contributed by atoms with van der Waals surface area (Å²) in [5, 5.41) is 8.06. The van der Waals surface area contributed by atoms with Crippen LogP contribution in [0.4, 0.5) is 4.39 Å². The molecule has 0 bridgehead atoms. The topological polar surface area (TPSA) is 64.2 Å². The van der Waals surface area contributed by atoms with Gasteiger partial charge in [-0.3, -0.25) is 5.10 Å². The van der Waals surface area contributed by atoms with Crippen LogP contribution in [0.25, 0.3) is 22.0 Å².